The Labute approximate surface area is 107 Å². The molecule has 0 unspecified atom stereocenters. The van der Waals surface area contributed by atoms with E-state index in [0.717, 1.165) is 25.1 Å². The zero-order valence-corrected chi connectivity index (χ0v) is 10.4. The van der Waals surface area contributed by atoms with E-state index < -0.39 is 38.7 Å². The molecule has 0 radical (unpaired) electrons. The summed E-state index contributed by atoms with van der Waals surface area (Å²) < 4.78 is 63.1. The van der Waals surface area contributed by atoms with E-state index in [9.17, 15) is 26.4 Å². The van der Waals surface area contributed by atoms with E-state index in [2.05, 4.69) is 0 Å². The highest BCUT2D eigenvalue weighted by atomic mass is 32.2. The molecule has 1 aromatic carbocycles. The number of hydrogen-bond acceptors (Lipinski definition) is 3. The molecule has 0 bridgehead atoms. The van der Waals surface area contributed by atoms with Crippen LogP contribution < -0.4 is 4.72 Å². The minimum Gasteiger partial charge on any atom is -0.480 e. The van der Waals surface area contributed by atoms with Crippen molar-refractivity contribution in [1.82, 2.24) is 4.72 Å². The van der Waals surface area contributed by atoms with Gasteiger partial charge in [0.05, 0.1) is 10.5 Å². The summed E-state index contributed by atoms with van der Waals surface area (Å²) in [7, 11) is -4.57. The van der Waals surface area contributed by atoms with E-state index in [1.54, 1.807) is 4.72 Å². The molecule has 2 N–H and O–H groups in total. The second-order valence-corrected chi connectivity index (χ2v) is 5.36. The fourth-order valence-corrected chi connectivity index (χ4v) is 2.71. The van der Waals surface area contributed by atoms with Crippen LogP contribution in [-0.4, -0.2) is 25.5 Å². The van der Waals surface area contributed by atoms with Gasteiger partial charge in [0.25, 0.3) is 0 Å². The molecule has 5 nitrogen and oxygen atoms in total. The largest absolute Gasteiger partial charge is 0.480 e. The minimum absolute atomic E-state index is 0.611. The van der Waals surface area contributed by atoms with Crippen LogP contribution in [0.5, 0.6) is 0 Å². The topological polar surface area (TPSA) is 83.5 Å². The fourth-order valence-electron chi connectivity index (χ4n) is 1.28. The second kappa shape index (κ2) is 5.17. The van der Waals surface area contributed by atoms with Crippen molar-refractivity contribution in [3.63, 3.8) is 0 Å². The van der Waals surface area contributed by atoms with Gasteiger partial charge in [-0.25, -0.2) is 8.42 Å². The first-order valence-corrected chi connectivity index (χ1v) is 6.45. The van der Waals surface area contributed by atoms with Crippen molar-refractivity contribution >= 4 is 16.0 Å². The predicted octanol–water partition coefficient (Wildman–Crippen LogP) is 1.46. The molecule has 9 heteroatoms. The molecule has 0 fully saturated rings. The van der Waals surface area contributed by atoms with Gasteiger partial charge < -0.3 is 5.11 Å². The Hall–Kier alpha value is -1.61. The highest BCUT2D eigenvalue weighted by molar-refractivity contribution is 7.89. The van der Waals surface area contributed by atoms with E-state index in [1.807, 2.05) is 0 Å². The Morgan fingerprint density at radius 1 is 1.32 bits per heavy atom. The van der Waals surface area contributed by atoms with Crippen molar-refractivity contribution in [1.29, 1.82) is 0 Å². The first kappa shape index (κ1) is 15.4. The molecule has 0 aliphatic heterocycles. The number of nitrogens with one attached hydrogen (secondary N) is 1. The second-order valence-electron chi connectivity index (χ2n) is 3.68. The number of aliphatic carboxylic acids is 1. The Bertz CT molecular complexity index is 583. The molecule has 0 saturated heterocycles. The van der Waals surface area contributed by atoms with E-state index in [4.69, 9.17) is 5.11 Å². The number of halogens is 3. The van der Waals surface area contributed by atoms with Gasteiger partial charge in [-0.1, -0.05) is 12.1 Å². The number of alkyl halides is 3. The molecule has 1 atom stereocenters. The lowest BCUT2D eigenvalue weighted by atomic mass is 10.2. The molecule has 0 saturated carbocycles. The van der Waals surface area contributed by atoms with E-state index in [1.165, 1.54) is 0 Å². The third-order valence-corrected chi connectivity index (χ3v) is 3.78. The lowest BCUT2D eigenvalue weighted by molar-refractivity contribution is -0.140. The van der Waals surface area contributed by atoms with Gasteiger partial charge in [0.1, 0.15) is 6.04 Å². The SMILES string of the molecule is C[C@@H](NS(=O)(=O)c1ccccc1C(F)(F)F)C(=O)O. The number of carboxylic acid groups (broad SMARTS) is 1. The van der Waals surface area contributed by atoms with Gasteiger partial charge in [-0.2, -0.15) is 17.9 Å². The first-order valence-electron chi connectivity index (χ1n) is 4.97. The van der Waals surface area contributed by atoms with Crippen LogP contribution in [0.4, 0.5) is 13.2 Å². The minimum atomic E-state index is -4.85. The highest BCUT2D eigenvalue weighted by Crippen LogP contribution is 2.33. The van der Waals surface area contributed by atoms with Gasteiger partial charge in [-0.05, 0) is 19.1 Å². The van der Waals surface area contributed by atoms with Gasteiger partial charge in [0.2, 0.25) is 10.0 Å². The quantitative estimate of drug-likeness (QED) is 0.881. The average Bonchev–Trinajstić information content (AvgIpc) is 2.27. The Morgan fingerprint density at radius 3 is 2.32 bits per heavy atom. The highest BCUT2D eigenvalue weighted by Gasteiger charge is 2.37. The maximum Gasteiger partial charge on any atom is 0.417 e. The van der Waals surface area contributed by atoms with Crippen molar-refractivity contribution in [2.45, 2.75) is 24.0 Å². The van der Waals surface area contributed by atoms with Crippen molar-refractivity contribution in [3.05, 3.63) is 29.8 Å². The number of sulfonamides is 1. The fraction of sp³-hybridized carbons (Fsp3) is 0.300. The van der Waals surface area contributed by atoms with Crippen molar-refractivity contribution in [3.8, 4) is 0 Å². The van der Waals surface area contributed by atoms with Gasteiger partial charge in [-0.3, -0.25) is 4.79 Å². The Balaban J connectivity index is 3.27. The molecule has 0 amide bonds. The number of benzene rings is 1. The Morgan fingerprint density at radius 2 is 1.84 bits per heavy atom. The summed E-state index contributed by atoms with van der Waals surface area (Å²) in [6, 6.07) is 2.00. The summed E-state index contributed by atoms with van der Waals surface area (Å²) in [5.41, 5.74) is -1.35. The molecule has 0 aliphatic carbocycles. The van der Waals surface area contributed by atoms with Gasteiger partial charge in [-0.15, -0.1) is 0 Å². The lowest BCUT2D eigenvalue weighted by Gasteiger charge is -2.15. The van der Waals surface area contributed by atoms with Gasteiger partial charge >= 0.3 is 12.1 Å². The summed E-state index contributed by atoms with van der Waals surface area (Å²) in [6.07, 6.45) is -4.85. The molecule has 0 aliphatic rings. The molecule has 106 valence electrons. The van der Waals surface area contributed by atoms with E-state index >= 15 is 0 Å². The maximum absolute atomic E-state index is 12.7. The van der Waals surface area contributed by atoms with Crippen LogP contribution in [0.15, 0.2) is 29.2 Å². The molecule has 0 spiro atoms. The molecule has 1 rings (SSSR count). The zero-order chi connectivity index (χ0) is 14.8. The normalized spacial score (nSPS) is 14.1. The molecular weight excluding hydrogens is 287 g/mol. The smallest absolute Gasteiger partial charge is 0.417 e. The monoisotopic (exact) mass is 297 g/mol. The molecule has 0 heterocycles. The molecular formula is C10H10F3NO4S. The zero-order valence-electron chi connectivity index (χ0n) is 9.60. The van der Waals surface area contributed by atoms with Gasteiger partial charge in [0.15, 0.2) is 0 Å². The molecule has 1 aromatic rings. The maximum atomic E-state index is 12.7. The lowest BCUT2D eigenvalue weighted by Crippen LogP contribution is -2.39. The summed E-state index contributed by atoms with van der Waals surface area (Å²) in [6.45, 7) is 1.01. The van der Waals surface area contributed by atoms with Crippen LogP contribution in [0.3, 0.4) is 0 Å². The summed E-state index contributed by atoms with van der Waals surface area (Å²) in [5.74, 6) is -1.49. The van der Waals surface area contributed by atoms with Gasteiger partial charge in [0, 0.05) is 0 Å². The average molecular weight is 297 g/mol. The third-order valence-electron chi connectivity index (χ3n) is 2.18. The third kappa shape index (κ3) is 3.67. The first-order chi connectivity index (χ1) is 8.55. The van der Waals surface area contributed by atoms with Crippen LogP contribution in [-0.2, 0) is 21.0 Å². The van der Waals surface area contributed by atoms with Crippen LogP contribution in [0.25, 0.3) is 0 Å². The van der Waals surface area contributed by atoms with Crippen molar-refractivity contribution in [2.24, 2.45) is 0 Å². The summed E-state index contributed by atoms with van der Waals surface area (Å²) in [5, 5.41) is 8.57. The number of rotatable bonds is 4. The summed E-state index contributed by atoms with van der Waals surface area (Å²) in [4.78, 5) is 9.54. The predicted molar refractivity (Wildman–Crippen MR) is 58.9 cm³/mol. The summed E-state index contributed by atoms with van der Waals surface area (Å²) >= 11 is 0. The Kier molecular flexibility index (Phi) is 4.21. The van der Waals surface area contributed by atoms with Crippen LogP contribution >= 0.6 is 0 Å². The number of carbonyl (C=O) groups is 1. The van der Waals surface area contributed by atoms with Crippen LogP contribution in [0.1, 0.15) is 12.5 Å². The molecule has 19 heavy (non-hydrogen) atoms. The number of carboxylic acids is 1. The standard InChI is InChI=1S/C10H10F3NO4S/c1-6(9(15)16)14-19(17,18)8-5-3-2-4-7(8)10(11,12)13/h2-6,14H,1H3,(H,15,16)/t6-/m1/s1. The van der Waals surface area contributed by atoms with Crippen LogP contribution in [0, 0.1) is 0 Å². The van der Waals surface area contributed by atoms with E-state index in [0.29, 0.717) is 6.07 Å². The molecule has 0 aromatic heterocycles. The van der Waals surface area contributed by atoms with Crippen molar-refractivity contribution < 1.29 is 31.5 Å². The van der Waals surface area contributed by atoms with Crippen molar-refractivity contribution in [2.75, 3.05) is 0 Å². The number of hydrogen-bond donors (Lipinski definition) is 2. The van der Waals surface area contributed by atoms with E-state index in [-0.39, 0.29) is 0 Å². The van der Waals surface area contributed by atoms with Crippen LogP contribution in [0.2, 0.25) is 0 Å².